The summed E-state index contributed by atoms with van der Waals surface area (Å²) in [6.45, 7) is 3.01. The number of carbonyl (C=O) groups excluding carboxylic acids is 1. The van der Waals surface area contributed by atoms with Gasteiger partial charge in [-0.15, -0.1) is 0 Å². The van der Waals surface area contributed by atoms with E-state index in [0.717, 1.165) is 10.2 Å². The van der Waals surface area contributed by atoms with Crippen molar-refractivity contribution in [2.24, 2.45) is 5.73 Å². The highest BCUT2D eigenvalue weighted by Gasteiger charge is 2.12. The summed E-state index contributed by atoms with van der Waals surface area (Å²) in [5.41, 5.74) is 6.28. The van der Waals surface area contributed by atoms with Crippen molar-refractivity contribution >= 4 is 27.5 Å². The molecule has 4 heteroatoms. The molecule has 15 heavy (non-hydrogen) atoms. The van der Waals surface area contributed by atoms with Gasteiger partial charge in [-0.1, -0.05) is 22.0 Å². The molecular formula is C11H15BrN2O. The van der Waals surface area contributed by atoms with Crippen LogP contribution in [0.5, 0.6) is 0 Å². The lowest BCUT2D eigenvalue weighted by Crippen LogP contribution is -2.31. The van der Waals surface area contributed by atoms with Gasteiger partial charge in [0.25, 0.3) is 0 Å². The molecule has 0 aliphatic heterocycles. The minimum absolute atomic E-state index is 0.0677. The Morgan fingerprint density at radius 3 is 2.80 bits per heavy atom. The number of benzene rings is 1. The molecule has 0 saturated heterocycles. The van der Waals surface area contributed by atoms with Crippen LogP contribution < -0.4 is 10.6 Å². The number of nitrogens with zero attached hydrogens (tertiary/aromatic N) is 1. The lowest BCUT2D eigenvalue weighted by molar-refractivity contribution is -0.118. The number of amides is 1. The molecule has 0 saturated carbocycles. The minimum Gasteiger partial charge on any atom is -0.330 e. The first-order valence-electron chi connectivity index (χ1n) is 4.95. The molecule has 0 bridgehead atoms. The Labute approximate surface area is 98.4 Å². The second-order valence-corrected chi connectivity index (χ2v) is 4.07. The number of hydrogen-bond donors (Lipinski definition) is 1. The summed E-state index contributed by atoms with van der Waals surface area (Å²) in [6, 6.07) is 7.70. The van der Waals surface area contributed by atoms with E-state index in [2.05, 4.69) is 15.9 Å². The van der Waals surface area contributed by atoms with Crippen LogP contribution in [-0.2, 0) is 4.79 Å². The predicted molar refractivity (Wildman–Crippen MR) is 65.8 cm³/mol. The molecular weight excluding hydrogens is 256 g/mol. The van der Waals surface area contributed by atoms with Gasteiger partial charge >= 0.3 is 0 Å². The van der Waals surface area contributed by atoms with E-state index in [1.54, 1.807) is 4.90 Å². The molecule has 0 heterocycles. The maximum absolute atomic E-state index is 11.7. The molecule has 0 radical (unpaired) electrons. The van der Waals surface area contributed by atoms with E-state index in [1.165, 1.54) is 0 Å². The summed E-state index contributed by atoms with van der Waals surface area (Å²) in [4.78, 5) is 13.5. The lowest BCUT2D eigenvalue weighted by atomic mass is 10.2. The van der Waals surface area contributed by atoms with Gasteiger partial charge in [0.05, 0.1) is 0 Å². The topological polar surface area (TPSA) is 46.3 Å². The lowest BCUT2D eigenvalue weighted by Gasteiger charge is -2.20. The highest BCUT2D eigenvalue weighted by atomic mass is 79.9. The molecule has 0 fully saturated rings. The van der Waals surface area contributed by atoms with Gasteiger partial charge in [-0.3, -0.25) is 4.79 Å². The molecule has 1 rings (SSSR count). The molecule has 1 aromatic rings. The Bertz CT molecular complexity index is 341. The predicted octanol–water partition coefficient (Wildman–Crippen LogP) is 2.15. The Morgan fingerprint density at radius 2 is 2.27 bits per heavy atom. The summed E-state index contributed by atoms with van der Waals surface area (Å²) < 4.78 is 0.971. The average Bonchev–Trinajstić information content (AvgIpc) is 2.19. The standard InChI is InChI=1S/C11H15BrN2O/c1-2-14(11(15)6-7-13)10-5-3-4-9(12)8-10/h3-5,8H,2,6-7,13H2,1H3. The zero-order valence-corrected chi connectivity index (χ0v) is 10.3. The average molecular weight is 271 g/mol. The highest BCUT2D eigenvalue weighted by molar-refractivity contribution is 9.10. The second kappa shape index (κ2) is 5.88. The van der Waals surface area contributed by atoms with Crippen LogP contribution in [0.3, 0.4) is 0 Å². The van der Waals surface area contributed by atoms with E-state index in [4.69, 9.17) is 5.73 Å². The van der Waals surface area contributed by atoms with Crippen molar-refractivity contribution in [2.75, 3.05) is 18.0 Å². The molecule has 0 spiro atoms. The Morgan fingerprint density at radius 1 is 1.53 bits per heavy atom. The second-order valence-electron chi connectivity index (χ2n) is 3.16. The summed E-state index contributed by atoms with van der Waals surface area (Å²) in [5.74, 6) is 0.0677. The third-order valence-electron chi connectivity index (χ3n) is 2.10. The molecule has 0 unspecified atom stereocenters. The van der Waals surface area contributed by atoms with Gasteiger partial charge < -0.3 is 10.6 Å². The van der Waals surface area contributed by atoms with Crippen LogP contribution in [-0.4, -0.2) is 19.0 Å². The maximum atomic E-state index is 11.7. The first kappa shape index (κ1) is 12.2. The van der Waals surface area contributed by atoms with Crippen molar-refractivity contribution in [2.45, 2.75) is 13.3 Å². The highest BCUT2D eigenvalue weighted by Crippen LogP contribution is 2.20. The van der Waals surface area contributed by atoms with Crippen molar-refractivity contribution < 1.29 is 4.79 Å². The molecule has 0 aliphatic rings. The monoisotopic (exact) mass is 270 g/mol. The molecule has 2 N–H and O–H groups in total. The zero-order valence-electron chi connectivity index (χ0n) is 8.74. The third kappa shape index (κ3) is 3.32. The van der Waals surface area contributed by atoms with Crippen molar-refractivity contribution in [3.8, 4) is 0 Å². The largest absolute Gasteiger partial charge is 0.330 e. The van der Waals surface area contributed by atoms with Crippen LogP contribution in [0.25, 0.3) is 0 Å². The Balaban J connectivity index is 2.87. The van der Waals surface area contributed by atoms with Crippen LogP contribution in [0.2, 0.25) is 0 Å². The summed E-state index contributed by atoms with van der Waals surface area (Å²) in [5, 5.41) is 0. The number of hydrogen-bond acceptors (Lipinski definition) is 2. The van der Waals surface area contributed by atoms with E-state index in [9.17, 15) is 4.79 Å². The van der Waals surface area contributed by atoms with Gasteiger partial charge in [-0.25, -0.2) is 0 Å². The fraction of sp³-hybridized carbons (Fsp3) is 0.364. The van der Waals surface area contributed by atoms with Crippen LogP contribution in [0.1, 0.15) is 13.3 Å². The number of rotatable bonds is 4. The molecule has 0 atom stereocenters. The third-order valence-corrected chi connectivity index (χ3v) is 2.59. The number of halogens is 1. The first-order valence-corrected chi connectivity index (χ1v) is 5.74. The Hall–Kier alpha value is -0.870. The molecule has 1 amide bonds. The van der Waals surface area contributed by atoms with E-state index in [0.29, 0.717) is 19.5 Å². The smallest absolute Gasteiger partial charge is 0.228 e. The van der Waals surface area contributed by atoms with Crippen molar-refractivity contribution in [1.82, 2.24) is 0 Å². The summed E-state index contributed by atoms with van der Waals surface area (Å²) in [7, 11) is 0. The van der Waals surface area contributed by atoms with Crippen molar-refractivity contribution in [1.29, 1.82) is 0 Å². The fourth-order valence-electron chi connectivity index (χ4n) is 1.41. The van der Waals surface area contributed by atoms with Gasteiger partial charge in [0.2, 0.25) is 5.91 Å². The quantitative estimate of drug-likeness (QED) is 0.912. The molecule has 1 aromatic carbocycles. The van der Waals surface area contributed by atoms with E-state index in [1.807, 2.05) is 31.2 Å². The van der Waals surface area contributed by atoms with E-state index < -0.39 is 0 Å². The van der Waals surface area contributed by atoms with Gasteiger partial charge in [-0.05, 0) is 25.1 Å². The van der Waals surface area contributed by atoms with E-state index >= 15 is 0 Å². The molecule has 3 nitrogen and oxygen atoms in total. The van der Waals surface area contributed by atoms with Crippen molar-refractivity contribution in [3.05, 3.63) is 28.7 Å². The van der Waals surface area contributed by atoms with Gasteiger partial charge in [0.15, 0.2) is 0 Å². The van der Waals surface area contributed by atoms with Crippen LogP contribution in [0, 0.1) is 0 Å². The fourth-order valence-corrected chi connectivity index (χ4v) is 1.79. The normalized spacial score (nSPS) is 10.1. The van der Waals surface area contributed by atoms with Crippen LogP contribution in [0.4, 0.5) is 5.69 Å². The zero-order chi connectivity index (χ0) is 11.3. The van der Waals surface area contributed by atoms with Crippen molar-refractivity contribution in [3.63, 3.8) is 0 Å². The Kier molecular flexibility index (Phi) is 4.78. The van der Waals surface area contributed by atoms with Gasteiger partial charge in [0, 0.05) is 29.7 Å². The van der Waals surface area contributed by atoms with Crippen LogP contribution >= 0.6 is 15.9 Å². The summed E-state index contributed by atoms with van der Waals surface area (Å²) in [6.07, 6.45) is 0.389. The number of anilines is 1. The van der Waals surface area contributed by atoms with Crippen LogP contribution in [0.15, 0.2) is 28.7 Å². The minimum atomic E-state index is 0.0677. The summed E-state index contributed by atoms with van der Waals surface area (Å²) >= 11 is 3.39. The number of nitrogens with two attached hydrogens (primary N) is 1. The molecule has 82 valence electrons. The van der Waals surface area contributed by atoms with Gasteiger partial charge in [0.1, 0.15) is 0 Å². The maximum Gasteiger partial charge on any atom is 0.228 e. The molecule has 0 aliphatic carbocycles. The van der Waals surface area contributed by atoms with E-state index in [-0.39, 0.29) is 5.91 Å². The number of carbonyl (C=O) groups is 1. The molecule has 0 aromatic heterocycles. The SMILES string of the molecule is CCN(C(=O)CCN)c1cccc(Br)c1. The van der Waals surface area contributed by atoms with Gasteiger partial charge in [-0.2, -0.15) is 0 Å². The first-order chi connectivity index (χ1) is 7.19.